The quantitative estimate of drug-likeness (QED) is 0.164. The molecule has 0 radical (unpaired) electrons. The highest BCUT2D eigenvalue weighted by Gasteiger charge is 2.31. The van der Waals surface area contributed by atoms with Crippen molar-refractivity contribution in [1.29, 1.82) is 0 Å². The predicted octanol–water partition coefficient (Wildman–Crippen LogP) is 5.76. The Morgan fingerprint density at radius 3 is 2.71 bits per heavy atom. The Kier molecular flexibility index (Phi) is 8.49. The number of aromatic nitrogens is 2. The highest BCUT2D eigenvalue weighted by atomic mass is 32.2. The summed E-state index contributed by atoms with van der Waals surface area (Å²) < 4.78 is 1.33. The second-order valence-corrected chi connectivity index (χ2v) is 11.4. The number of hydrogen-bond acceptors (Lipinski definition) is 8. The van der Waals surface area contributed by atoms with Crippen LogP contribution < -0.4 is 5.32 Å². The molecule has 2 amide bonds. The van der Waals surface area contributed by atoms with E-state index in [1.807, 2.05) is 48.5 Å². The molecule has 4 rings (SSSR count). The second kappa shape index (κ2) is 11.7. The molecule has 34 heavy (non-hydrogen) atoms. The maximum atomic E-state index is 12.7. The van der Waals surface area contributed by atoms with Crippen LogP contribution >= 0.6 is 47.1 Å². The van der Waals surface area contributed by atoms with Gasteiger partial charge in [-0.05, 0) is 36.1 Å². The van der Waals surface area contributed by atoms with Crippen molar-refractivity contribution in [2.24, 2.45) is 0 Å². The van der Waals surface area contributed by atoms with Crippen molar-refractivity contribution in [3.8, 4) is 0 Å². The number of nitrogens with zero attached hydrogens (tertiary/aromatic N) is 3. The third-order valence-corrected chi connectivity index (χ3v) is 8.42. The highest BCUT2D eigenvalue weighted by molar-refractivity contribution is 8.26. The molecule has 0 saturated carbocycles. The molecule has 1 aliphatic rings. The number of carbonyl (C=O) groups excluding carboxylic acids is 2. The first-order valence-corrected chi connectivity index (χ1v) is 13.6. The molecular weight excluding hydrogens is 505 g/mol. The van der Waals surface area contributed by atoms with Crippen LogP contribution in [0.1, 0.15) is 29.5 Å². The lowest BCUT2D eigenvalue weighted by Gasteiger charge is -2.13. The minimum absolute atomic E-state index is 0.112. The molecule has 10 heteroatoms. The normalized spacial score (nSPS) is 14.7. The number of aryl methyl sites for hydroxylation is 1. The first-order valence-electron chi connectivity index (χ1n) is 10.6. The van der Waals surface area contributed by atoms with E-state index in [-0.39, 0.29) is 18.2 Å². The monoisotopic (exact) mass is 526 g/mol. The lowest BCUT2D eigenvalue weighted by atomic mass is 10.1. The summed E-state index contributed by atoms with van der Waals surface area (Å²) in [5.74, 6) is 0.535. The SMILES string of the molecule is Cc1ccccc1CSc1nnc(NC(=O)CCCN2C(=O)/C(=C/c3ccccc3)SC2=S)s1. The van der Waals surface area contributed by atoms with Crippen molar-refractivity contribution in [3.05, 3.63) is 76.2 Å². The van der Waals surface area contributed by atoms with Crippen LogP contribution in [0.15, 0.2) is 63.8 Å². The lowest BCUT2D eigenvalue weighted by Crippen LogP contribution is -2.29. The van der Waals surface area contributed by atoms with E-state index < -0.39 is 0 Å². The van der Waals surface area contributed by atoms with Crippen molar-refractivity contribution in [2.45, 2.75) is 29.9 Å². The van der Waals surface area contributed by atoms with Crippen molar-refractivity contribution in [1.82, 2.24) is 15.1 Å². The van der Waals surface area contributed by atoms with Crippen LogP contribution in [0.2, 0.25) is 0 Å². The van der Waals surface area contributed by atoms with Gasteiger partial charge in [-0.25, -0.2) is 0 Å². The fourth-order valence-electron chi connectivity index (χ4n) is 3.20. The van der Waals surface area contributed by atoms with E-state index in [1.165, 1.54) is 34.2 Å². The smallest absolute Gasteiger partial charge is 0.266 e. The van der Waals surface area contributed by atoms with Crippen molar-refractivity contribution >= 4 is 74.4 Å². The Balaban J connectivity index is 1.22. The molecule has 1 aliphatic heterocycles. The lowest BCUT2D eigenvalue weighted by molar-refractivity contribution is -0.122. The molecule has 0 bridgehead atoms. The van der Waals surface area contributed by atoms with Gasteiger partial charge in [-0.15, -0.1) is 10.2 Å². The van der Waals surface area contributed by atoms with Crippen LogP contribution in [-0.4, -0.2) is 37.8 Å². The molecule has 2 heterocycles. The summed E-state index contributed by atoms with van der Waals surface area (Å²) in [5, 5.41) is 11.5. The Labute approximate surface area is 216 Å². The number of benzene rings is 2. The number of amides is 2. The molecule has 6 nitrogen and oxygen atoms in total. The van der Waals surface area contributed by atoms with Crippen LogP contribution in [0.3, 0.4) is 0 Å². The minimum atomic E-state index is -0.156. The van der Waals surface area contributed by atoms with Gasteiger partial charge in [-0.3, -0.25) is 14.5 Å². The van der Waals surface area contributed by atoms with Crippen LogP contribution in [0.5, 0.6) is 0 Å². The average molecular weight is 527 g/mol. The Hall–Kier alpha value is -2.53. The van der Waals surface area contributed by atoms with E-state index in [9.17, 15) is 9.59 Å². The number of hydrogen-bond donors (Lipinski definition) is 1. The molecule has 1 fully saturated rings. The van der Waals surface area contributed by atoms with Crippen LogP contribution in [0.25, 0.3) is 6.08 Å². The van der Waals surface area contributed by atoms with Gasteiger partial charge in [0.15, 0.2) is 4.34 Å². The van der Waals surface area contributed by atoms with Crippen LogP contribution in [0, 0.1) is 6.92 Å². The zero-order chi connectivity index (χ0) is 23.9. The number of carbonyl (C=O) groups is 2. The van der Waals surface area contributed by atoms with Gasteiger partial charge in [-0.1, -0.05) is 102 Å². The number of anilines is 1. The topological polar surface area (TPSA) is 75.2 Å². The van der Waals surface area contributed by atoms with Gasteiger partial charge in [0, 0.05) is 18.7 Å². The van der Waals surface area contributed by atoms with E-state index >= 15 is 0 Å². The second-order valence-electron chi connectivity index (χ2n) is 7.48. The van der Waals surface area contributed by atoms with Gasteiger partial charge >= 0.3 is 0 Å². The summed E-state index contributed by atoms with van der Waals surface area (Å²) in [6.07, 6.45) is 2.61. The summed E-state index contributed by atoms with van der Waals surface area (Å²) in [6, 6.07) is 17.9. The maximum absolute atomic E-state index is 12.7. The first kappa shape index (κ1) is 24.6. The van der Waals surface area contributed by atoms with E-state index in [0.29, 0.717) is 27.3 Å². The number of thioether (sulfide) groups is 2. The summed E-state index contributed by atoms with van der Waals surface area (Å²) in [6.45, 7) is 2.49. The van der Waals surface area contributed by atoms with Crippen LogP contribution in [-0.2, 0) is 15.3 Å². The maximum Gasteiger partial charge on any atom is 0.266 e. The molecule has 1 saturated heterocycles. The molecule has 174 valence electrons. The Bertz CT molecular complexity index is 1230. The summed E-state index contributed by atoms with van der Waals surface area (Å²) in [7, 11) is 0. The fourth-order valence-corrected chi connectivity index (χ4v) is 6.36. The van der Waals surface area contributed by atoms with Gasteiger partial charge in [0.1, 0.15) is 4.32 Å². The highest BCUT2D eigenvalue weighted by Crippen LogP contribution is 2.33. The van der Waals surface area contributed by atoms with Gasteiger partial charge in [0.2, 0.25) is 11.0 Å². The summed E-state index contributed by atoms with van der Waals surface area (Å²) in [5.41, 5.74) is 3.45. The molecule has 0 unspecified atom stereocenters. The van der Waals surface area contributed by atoms with E-state index in [1.54, 1.807) is 16.7 Å². The van der Waals surface area contributed by atoms with E-state index in [0.717, 1.165) is 15.7 Å². The third-order valence-electron chi connectivity index (χ3n) is 5.02. The van der Waals surface area contributed by atoms with Crippen molar-refractivity contribution < 1.29 is 9.59 Å². The predicted molar refractivity (Wildman–Crippen MR) is 145 cm³/mol. The first-order chi connectivity index (χ1) is 16.5. The van der Waals surface area contributed by atoms with Gasteiger partial charge < -0.3 is 5.32 Å². The van der Waals surface area contributed by atoms with E-state index in [4.69, 9.17) is 12.2 Å². The van der Waals surface area contributed by atoms with Gasteiger partial charge in [0.05, 0.1) is 4.91 Å². The van der Waals surface area contributed by atoms with Crippen molar-refractivity contribution in [3.63, 3.8) is 0 Å². The third kappa shape index (κ3) is 6.53. The van der Waals surface area contributed by atoms with Crippen LogP contribution in [0.4, 0.5) is 5.13 Å². The largest absolute Gasteiger partial charge is 0.301 e. The Morgan fingerprint density at radius 1 is 1.15 bits per heavy atom. The zero-order valence-corrected chi connectivity index (χ0v) is 21.7. The van der Waals surface area contributed by atoms with Gasteiger partial charge in [-0.2, -0.15) is 0 Å². The molecule has 2 aromatic carbocycles. The van der Waals surface area contributed by atoms with Gasteiger partial charge in [0.25, 0.3) is 5.91 Å². The minimum Gasteiger partial charge on any atom is -0.301 e. The van der Waals surface area contributed by atoms with E-state index in [2.05, 4.69) is 34.6 Å². The standard InChI is InChI=1S/C24H22N4O2S4/c1-16-8-5-6-11-18(16)15-32-23-27-26-22(34-23)25-20(29)12-7-13-28-21(30)19(33-24(28)31)14-17-9-3-2-4-10-17/h2-6,8-11,14H,7,12-13,15H2,1H3,(H,25,26,29)/b19-14-. The molecule has 0 atom stereocenters. The number of thiocarbonyl (C=S) groups is 1. The Morgan fingerprint density at radius 2 is 1.91 bits per heavy atom. The number of rotatable bonds is 9. The molecule has 0 spiro atoms. The van der Waals surface area contributed by atoms with Crippen molar-refractivity contribution in [2.75, 3.05) is 11.9 Å². The summed E-state index contributed by atoms with van der Waals surface area (Å²) in [4.78, 5) is 27.2. The molecule has 3 aromatic rings. The molecule has 1 N–H and O–H groups in total. The fraction of sp³-hybridized carbons (Fsp3) is 0.208. The summed E-state index contributed by atoms with van der Waals surface area (Å²) >= 11 is 9.63. The molecular formula is C24H22N4O2S4. The zero-order valence-electron chi connectivity index (χ0n) is 18.4. The molecule has 1 aromatic heterocycles. The number of nitrogens with one attached hydrogen (secondary N) is 1. The average Bonchev–Trinajstić information content (AvgIpc) is 3.38. The molecule has 0 aliphatic carbocycles.